The van der Waals surface area contributed by atoms with E-state index < -0.39 is 74.6 Å². The second-order valence-electron chi connectivity index (χ2n) is 16.5. The van der Waals surface area contributed by atoms with E-state index in [2.05, 4.69) is 19.1 Å². The van der Waals surface area contributed by atoms with Crippen LogP contribution >= 0.6 is 0 Å². The lowest BCUT2D eigenvalue weighted by atomic mass is 9.34. The van der Waals surface area contributed by atoms with Gasteiger partial charge in [-0.15, -0.1) is 0 Å². The number of Topliss-reactive ketones (excluding diaryl/α,β-unsaturated/α-hetero) is 1. The molecule has 0 amide bonds. The summed E-state index contributed by atoms with van der Waals surface area (Å²) < 4.78 is 31.6. The lowest BCUT2D eigenvalue weighted by molar-refractivity contribution is -0.269. The molecule has 4 saturated heterocycles. The molecule has 0 aromatic carbocycles. The maximum absolute atomic E-state index is 14.8. The van der Waals surface area contributed by atoms with Gasteiger partial charge in [0.1, 0.15) is 29.8 Å². The molecule has 4 aliphatic heterocycles. The number of epoxide rings is 1. The number of hydrogen-bond acceptors (Lipinski definition) is 9. The molecule has 9 heteroatoms. The molecule has 10 rings (SSSR count). The van der Waals surface area contributed by atoms with E-state index in [-0.39, 0.29) is 30.2 Å². The van der Waals surface area contributed by atoms with Crippen LogP contribution in [-0.4, -0.2) is 58.9 Å². The Balaban J connectivity index is 1.29. The highest BCUT2D eigenvalue weighted by atomic mass is 16.7. The maximum Gasteiger partial charge on any atom is 0.339 e. The fraction of sp³-hybridized carbons (Fsp3) is 0.735. The standard InChI is InChI=1S/C34H38O9/c1-28(2)21-19(35)22(36)30(4)20-18(12-29(3)23(17-7-10-39-14-17)41-25(37)24-34(29,30)42-24)13-31-8-5-16(11-31)6-9-33(31)26(43-28)32(20,21)15-40-27(33)38/h6-7,9-10,14,16,18,20-24,26,36H,5,8,11-13,15H2,1-4H3/t16-,18-,20+,21-,22-,23+,24-,26+,29+,30+,31-,32+,33-,34+/m1/s1. The molecule has 8 fully saturated rings. The van der Waals surface area contributed by atoms with E-state index in [1.807, 2.05) is 26.8 Å². The number of esters is 2. The zero-order chi connectivity index (χ0) is 29.7. The fourth-order valence-corrected chi connectivity index (χ4v) is 13.9. The zero-order valence-electron chi connectivity index (χ0n) is 25.0. The minimum absolute atomic E-state index is 0.0106. The maximum atomic E-state index is 14.8. The van der Waals surface area contributed by atoms with Gasteiger partial charge in [0.2, 0.25) is 0 Å². The summed E-state index contributed by atoms with van der Waals surface area (Å²) >= 11 is 0. The summed E-state index contributed by atoms with van der Waals surface area (Å²) in [5.74, 6) is -1.62. The molecule has 1 aromatic heterocycles. The molecule has 0 unspecified atom stereocenters. The number of carbonyl (C=O) groups is 3. The van der Waals surface area contributed by atoms with Crippen molar-refractivity contribution in [3.8, 4) is 0 Å². The fourth-order valence-electron chi connectivity index (χ4n) is 13.9. The number of ketones is 1. The number of cyclic esters (lactones) is 2. The van der Waals surface area contributed by atoms with Crippen LogP contribution in [0.4, 0.5) is 0 Å². The molecular formula is C34H38O9. The van der Waals surface area contributed by atoms with Crippen LogP contribution in [0.1, 0.15) is 71.5 Å². The van der Waals surface area contributed by atoms with Crippen molar-refractivity contribution in [2.45, 2.75) is 95.4 Å². The van der Waals surface area contributed by atoms with Crippen molar-refractivity contribution in [2.24, 2.45) is 50.7 Å². The third-order valence-electron chi connectivity index (χ3n) is 14.8. The van der Waals surface area contributed by atoms with E-state index in [0.717, 1.165) is 31.2 Å². The van der Waals surface area contributed by atoms with Gasteiger partial charge in [-0.05, 0) is 75.2 Å². The molecule has 5 aliphatic carbocycles. The predicted molar refractivity (Wildman–Crippen MR) is 146 cm³/mol. The molecule has 1 N–H and O–H groups in total. The molecule has 43 heavy (non-hydrogen) atoms. The molecule has 4 bridgehead atoms. The average Bonchev–Trinajstić information content (AvgIpc) is 3.23. The lowest BCUT2D eigenvalue weighted by Gasteiger charge is -2.68. The zero-order valence-corrected chi connectivity index (χ0v) is 25.0. The van der Waals surface area contributed by atoms with Gasteiger partial charge in [0.25, 0.3) is 0 Å². The average molecular weight is 591 g/mol. The van der Waals surface area contributed by atoms with Gasteiger partial charge in [-0.2, -0.15) is 0 Å². The number of fused-ring (bicyclic) bond motifs is 1. The van der Waals surface area contributed by atoms with E-state index in [9.17, 15) is 19.5 Å². The second kappa shape index (κ2) is 7.00. The molecule has 0 radical (unpaired) electrons. The van der Waals surface area contributed by atoms with Crippen molar-refractivity contribution in [3.05, 3.63) is 36.3 Å². The van der Waals surface area contributed by atoms with Crippen LogP contribution in [0, 0.1) is 50.7 Å². The summed E-state index contributed by atoms with van der Waals surface area (Å²) in [4.78, 5) is 42.8. The first-order chi connectivity index (χ1) is 20.3. The molecule has 4 spiro atoms. The van der Waals surface area contributed by atoms with Crippen LogP contribution in [0.2, 0.25) is 0 Å². The van der Waals surface area contributed by atoms with Gasteiger partial charge in [0.15, 0.2) is 11.9 Å². The predicted octanol–water partition coefficient (Wildman–Crippen LogP) is 3.69. The minimum atomic E-state index is -1.39. The summed E-state index contributed by atoms with van der Waals surface area (Å²) in [7, 11) is 0. The summed E-state index contributed by atoms with van der Waals surface area (Å²) in [5.41, 5.74) is -5.57. The Morgan fingerprint density at radius 3 is 2.58 bits per heavy atom. The van der Waals surface area contributed by atoms with Crippen molar-refractivity contribution < 1.29 is 42.9 Å². The first kappa shape index (κ1) is 25.8. The molecule has 5 heterocycles. The number of allylic oxidation sites excluding steroid dienone is 1. The highest BCUT2D eigenvalue weighted by Crippen LogP contribution is 2.85. The summed E-state index contributed by atoms with van der Waals surface area (Å²) in [6.45, 7) is 8.01. The van der Waals surface area contributed by atoms with Crippen molar-refractivity contribution in [1.29, 1.82) is 0 Å². The molecule has 4 saturated carbocycles. The number of furan rings is 1. The third-order valence-corrected chi connectivity index (χ3v) is 14.8. The Hall–Kier alpha value is -2.49. The van der Waals surface area contributed by atoms with Gasteiger partial charge in [-0.3, -0.25) is 9.59 Å². The van der Waals surface area contributed by atoms with Crippen LogP contribution in [-0.2, 0) is 33.3 Å². The van der Waals surface area contributed by atoms with E-state index in [1.54, 1.807) is 12.5 Å². The van der Waals surface area contributed by atoms with Gasteiger partial charge < -0.3 is 28.5 Å². The SMILES string of the molecule is CC1(C)O[C@H]2[C@]34COC(=O)[C@@]25C=C[C@H]2CC[C@@]5(C2)C[C@H]2C[C@@]5(C)[C@H](c6ccoc6)OC(=O)[C@H]6O[C@@]65[C@](C)([C@H](O)C(=O)[C@H]13)[C@H]24. The van der Waals surface area contributed by atoms with Crippen LogP contribution < -0.4 is 0 Å². The van der Waals surface area contributed by atoms with E-state index in [4.69, 9.17) is 23.4 Å². The molecule has 1 aromatic rings. The van der Waals surface area contributed by atoms with Gasteiger partial charge in [0.05, 0.1) is 30.1 Å². The minimum Gasteiger partial charge on any atom is -0.472 e. The Morgan fingerprint density at radius 1 is 1.00 bits per heavy atom. The Labute approximate surface area is 249 Å². The normalized spacial score (nSPS) is 59.2. The molecule has 9 nitrogen and oxygen atoms in total. The smallest absolute Gasteiger partial charge is 0.339 e. The van der Waals surface area contributed by atoms with Crippen LogP contribution in [0.3, 0.4) is 0 Å². The first-order valence-electron chi connectivity index (χ1n) is 16.0. The largest absolute Gasteiger partial charge is 0.472 e. The summed E-state index contributed by atoms with van der Waals surface area (Å²) in [6, 6.07) is 1.82. The molecule has 9 aliphatic rings. The van der Waals surface area contributed by atoms with Crippen molar-refractivity contribution in [1.82, 2.24) is 0 Å². The number of ether oxygens (including phenoxy) is 4. The van der Waals surface area contributed by atoms with Gasteiger partial charge in [-0.25, -0.2) is 4.79 Å². The monoisotopic (exact) mass is 590 g/mol. The van der Waals surface area contributed by atoms with Gasteiger partial charge >= 0.3 is 11.9 Å². The number of aliphatic hydroxyl groups is 1. The van der Waals surface area contributed by atoms with E-state index in [1.165, 1.54) is 0 Å². The van der Waals surface area contributed by atoms with E-state index >= 15 is 0 Å². The number of carbonyl (C=O) groups excluding carboxylic acids is 3. The van der Waals surface area contributed by atoms with Crippen LogP contribution in [0.5, 0.6) is 0 Å². The van der Waals surface area contributed by atoms with Gasteiger partial charge in [0, 0.05) is 21.8 Å². The van der Waals surface area contributed by atoms with E-state index in [0.29, 0.717) is 12.3 Å². The Kier molecular flexibility index (Phi) is 4.20. The Morgan fingerprint density at radius 2 is 1.81 bits per heavy atom. The van der Waals surface area contributed by atoms with Crippen LogP contribution in [0.15, 0.2) is 35.2 Å². The van der Waals surface area contributed by atoms with Crippen molar-refractivity contribution in [3.63, 3.8) is 0 Å². The molecular weight excluding hydrogens is 552 g/mol. The second-order valence-corrected chi connectivity index (χ2v) is 16.5. The summed E-state index contributed by atoms with van der Waals surface area (Å²) in [6.07, 6.45) is 8.09. The number of hydrogen-bond donors (Lipinski definition) is 1. The van der Waals surface area contributed by atoms with Gasteiger partial charge in [-0.1, -0.05) is 26.0 Å². The quantitative estimate of drug-likeness (QED) is 0.296. The third kappa shape index (κ3) is 2.27. The number of aliphatic hydroxyl groups excluding tert-OH is 1. The highest BCUT2D eigenvalue weighted by Gasteiger charge is 2.94. The van der Waals surface area contributed by atoms with Crippen molar-refractivity contribution >= 4 is 17.7 Å². The molecule has 228 valence electrons. The van der Waals surface area contributed by atoms with Crippen molar-refractivity contribution in [2.75, 3.05) is 6.61 Å². The van der Waals surface area contributed by atoms with Crippen LogP contribution in [0.25, 0.3) is 0 Å². The Bertz CT molecular complexity index is 1560. The highest BCUT2D eigenvalue weighted by molar-refractivity contribution is 5.93. The topological polar surface area (TPSA) is 125 Å². The first-order valence-corrected chi connectivity index (χ1v) is 16.0. The lowest BCUT2D eigenvalue weighted by Crippen LogP contribution is -2.78. The summed E-state index contributed by atoms with van der Waals surface area (Å²) in [5, 5.41) is 12.4. The number of rotatable bonds is 1. The molecule has 14 atom stereocenters.